The molecular formula is C19H18FN3O3. The van der Waals surface area contributed by atoms with Crippen LogP contribution < -0.4 is 10.7 Å². The number of nitrogens with zero attached hydrogens (tertiary/aromatic N) is 1. The monoisotopic (exact) mass is 355 g/mol. The van der Waals surface area contributed by atoms with Crippen LogP contribution in [-0.2, 0) is 10.3 Å². The molecule has 0 radical (unpaired) electrons. The third-order valence-corrected chi connectivity index (χ3v) is 4.54. The zero-order valence-corrected chi connectivity index (χ0v) is 14.4. The SMILES string of the molecule is CCC1(c2ccccc2)NC(=O)N(NC(=O)c2ccc(C)c(F)c2)C1=O. The molecule has 7 heteroatoms. The maximum absolute atomic E-state index is 13.7. The number of urea groups is 1. The van der Waals surface area contributed by atoms with E-state index in [0.29, 0.717) is 22.6 Å². The minimum atomic E-state index is -1.25. The highest BCUT2D eigenvalue weighted by Crippen LogP contribution is 2.31. The summed E-state index contributed by atoms with van der Waals surface area (Å²) < 4.78 is 13.7. The van der Waals surface area contributed by atoms with Crippen molar-refractivity contribution in [3.63, 3.8) is 0 Å². The van der Waals surface area contributed by atoms with Crippen molar-refractivity contribution in [2.45, 2.75) is 25.8 Å². The Morgan fingerprint density at radius 3 is 2.50 bits per heavy atom. The van der Waals surface area contributed by atoms with Crippen LogP contribution in [0.1, 0.15) is 34.8 Å². The first-order chi connectivity index (χ1) is 12.4. The molecule has 26 heavy (non-hydrogen) atoms. The Labute approximate surface area is 150 Å². The highest BCUT2D eigenvalue weighted by atomic mass is 19.1. The Kier molecular flexibility index (Phi) is 4.46. The Bertz CT molecular complexity index is 885. The zero-order valence-electron chi connectivity index (χ0n) is 14.4. The fourth-order valence-corrected chi connectivity index (χ4v) is 2.94. The van der Waals surface area contributed by atoms with Gasteiger partial charge in [0.25, 0.3) is 11.8 Å². The van der Waals surface area contributed by atoms with Gasteiger partial charge in [-0.25, -0.2) is 9.18 Å². The average Bonchev–Trinajstić information content (AvgIpc) is 2.89. The van der Waals surface area contributed by atoms with E-state index in [-0.39, 0.29) is 5.56 Å². The molecule has 0 saturated carbocycles. The van der Waals surface area contributed by atoms with E-state index in [1.165, 1.54) is 12.1 Å². The lowest BCUT2D eigenvalue weighted by atomic mass is 9.87. The van der Waals surface area contributed by atoms with Crippen molar-refractivity contribution in [3.8, 4) is 0 Å². The summed E-state index contributed by atoms with van der Waals surface area (Å²) in [5.41, 5.74) is 2.05. The Hall–Kier alpha value is -3.22. The smallest absolute Gasteiger partial charge is 0.318 e. The maximum Gasteiger partial charge on any atom is 0.344 e. The van der Waals surface area contributed by atoms with Crippen molar-refractivity contribution >= 4 is 17.8 Å². The molecular weight excluding hydrogens is 337 g/mol. The van der Waals surface area contributed by atoms with Gasteiger partial charge in [0, 0.05) is 5.56 Å². The highest BCUT2D eigenvalue weighted by molar-refractivity contribution is 6.09. The first-order valence-electron chi connectivity index (χ1n) is 8.18. The standard InChI is InChI=1S/C19H18FN3O3/c1-3-19(14-7-5-4-6-8-14)17(25)23(18(26)21-19)22-16(24)13-10-9-12(2)15(20)11-13/h4-11H,3H2,1-2H3,(H,21,26)(H,22,24). The van der Waals surface area contributed by atoms with Crippen LogP contribution in [0.15, 0.2) is 48.5 Å². The fraction of sp³-hybridized carbons (Fsp3) is 0.211. The van der Waals surface area contributed by atoms with Gasteiger partial charge in [0.05, 0.1) is 0 Å². The number of imide groups is 1. The van der Waals surface area contributed by atoms with E-state index >= 15 is 0 Å². The summed E-state index contributed by atoms with van der Waals surface area (Å²) >= 11 is 0. The first kappa shape index (κ1) is 17.6. The molecule has 1 aliphatic rings. The van der Waals surface area contributed by atoms with Gasteiger partial charge >= 0.3 is 6.03 Å². The molecule has 0 aromatic heterocycles. The number of amides is 4. The molecule has 1 atom stereocenters. The van der Waals surface area contributed by atoms with Crippen LogP contribution in [0.5, 0.6) is 0 Å². The van der Waals surface area contributed by atoms with Gasteiger partial charge in [-0.15, -0.1) is 0 Å². The van der Waals surface area contributed by atoms with Crippen LogP contribution in [0.3, 0.4) is 0 Å². The number of rotatable bonds is 4. The molecule has 0 bridgehead atoms. The van der Waals surface area contributed by atoms with Crippen molar-refractivity contribution < 1.29 is 18.8 Å². The Balaban J connectivity index is 1.87. The topological polar surface area (TPSA) is 78.5 Å². The largest absolute Gasteiger partial charge is 0.344 e. The maximum atomic E-state index is 13.7. The Morgan fingerprint density at radius 2 is 1.88 bits per heavy atom. The molecule has 1 heterocycles. The van der Waals surface area contributed by atoms with E-state index in [0.717, 1.165) is 6.07 Å². The minimum Gasteiger partial charge on any atom is -0.318 e. The van der Waals surface area contributed by atoms with Gasteiger partial charge in [0.1, 0.15) is 11.4 Å². The second kappa shape index (κ2) is 6.59. The number of aryl methyl sites for hydroxylation is 1. The normalized spacial score (nSPS) is 19.4. The number of benzene rings is 2. The van der Waals surface area contributed by atoms with Gasteiger partial charge in [-0.3, -0.25) is 15.0 Å². The number of hydrogen-bond acceptors (Lipinski definition) is 3. The van der Waals surface area contributed by atoms with Crippen LogP contribution in [0.2, 0.25) is 0 Å². The molecule has 0 aliphatic carbocycles. The number of carbonyl (C=O) groups is 3. The first-order valence-corrected chi connectivity index (χ1v) is 8.18. The van der Waals surface area contributed by atoms with Crippen LogP contribution in [0, 0.1) is 12.7 Å². The number of hydrazine groups is 1. The second-order valence-electron chi connectivity index (χ2n) is 6.10. The lowest BCUT2D eigenvalue weighted by Crippen LogP contribution is -2.48. The van der Waals surface area contributed by atoms with Crippen LogP contribution in [0.4, 0.5) is 9.18 Å². The lowest BCUT2D eigenvalue weighted by molar-refractivity contribution is -0.133. The zero-order chi connectivity index (χ0) is 18.9. The Morgan fingerprint density at radius 1 is 1.19 bits per heavy atom. The van der Waals surface area contributed by atoms with E-state index in [4.69, 9.17) is 0 Å². The molecule has 2 N–H and O–H groups in total. The van der Waals surface area contributed by atoms with Crippen molar-refractivity contribution in [1.29, 1.82) is 0 Å². The van der Waals surface area contributed by atoms with Gasteiger partial charge in [-0.05, 0) is 36.6 Å². The van der Waals surface area contributed by atoms with Gasteiger partial charge in [-0.2, -0.15) is 5.01 Å². The molecule has 4 amide bonds. The summed E-state index contributed by atoms with van der Waals surface area (Å²) in [7, 11) is 0. The summed E-state index contributed by atoms with van der Waals surface area (Å²) in [4.78, 5) is 37.6. The summed E-state index contributed by atoms with van der Waals surface area (Å²) in [5, 5.41) is 3.31. The van der Waals surface area contributed by atoms with E-state index < -0.39 is 29.2 Å². The highest BCUT2D eigenvalue weighted by Gasteiger charge is 2.52. The number of carbonyl (C=O) groups excluding carboxylic acids is 3. The molecule has 3 rings (SSSR count). The number of hydrogen-bond donors (Lipinski definition) is 2. The van der Waals surface area contributed by atoms with E-state index in [1.54, 1.807) is 44.2 Å². The summed E-state index contributed by atoms with van der Waals surface area (Å²) in [6, 6.07) is 12.0. The van der Waals surface area contributed by atoms with Gasteiger partial charge < -0.3 is 5.32 Å². The molecule has 2 aromatic carbocycles. The predicted octanol–water partition coefficient (Wildman–Crippen LogP) is 2.64. The fourth-order valence-electron chi connectivity index (χ4n) is 2.94. The minimum absolute atomic E-state index is 0.0161. The summed E-state index contributed by atoms with van der Waals surface area (Å²) in [6.07, 6.45) is 0.313. The molecule has 0 spiro atoms. The number of halogens is 1. The van der Waals surface area contributed by atoms with Crippen molar-refractivity contribution in [3.05, 3.63) is 71.0 Å². The van der Waals surface area contributed by atoms with Crippen molar-refractivity contribution in [2.24, 2.45) is 0 Å². The molecule has 1 saturated heterocycles. The molecule has 1 aliphatic heterocycles. The third kappa shape index (κ3) is 2.81. The second-order valence-corrected chi connectivity index (χ2v) is 6.10. The molecule has 2 aromatic rings. The van der Waals surface area contributed by atoms with Crippen LogP contribution >= 0.6 is 0 Å². The molecule has 1 fully saturated rings. The van der Waals surface area contributed by atoms with Crippen LogP contribution in [-0.4, -0.2) is 22.9 Å². The van der Waals surface area contributed by atoms with Gasteiger partial charge in [0.2, 0.25) is 0 Å². The summed E-state index contributed by atoms with van der Waals surface area (Å²) in [5.74, 6) is -1.87. The van der Waals surface area contributed by atoms with Crippen molar-refractivity contribution in [2.75, 3.05) is 0 Å². The lowest BCUT2D eigenvalue weighted by Gasteiger charge is -2.25. The predicted molar refractivity (Wildman–Crippen MR) is 92.4 cm³/mol. The van der Waals surface area contributed by atoms with E-state index in [1.807, 2.05) is 0 Å². The molecule has 134 valence electrons. The molecule has 1 unspecified atom stereocenters. The van der Waals surface area contributed by atoms with E-state index in [2.05, 4.69) is 10.7 Å². The van der Waals surface area contributed by atoms with Crippen LogP contribution in [0.25, 0.3) is 0 Å². The van der Waals surface area contributed by atoms with Gasteiger partial charge in [-0.1, -0.05) is 43.3 Å². The van der Waals surface area contributed by atoms with Gasteiger partial charge in [0.15, 0.2) is 0 Å². The molecule has 6 nitrogen and oxygen atoms in total. The quantitative estimate of drug-likeness (QED) is 0.828. The number of nitrogens with one attached hydrogen (secondary N) is 2. The van der Waals surface area contributed by atoms with Crippen molar-refractivity contribution in [1.82, 2.24) is 15.8 Å². The summed E-state index contributed by atoms with van der Waals surface area (Å²) in [6.45, 7) is 3.34. The van der Waals surface area contributed by atoms with E-state index in [9.17, 15) is 18.8 Å². The third-order valence-electron chi connectivity index (χ3n) is 4.54. The average molecular weight is 355 g/mol.